The van der Waals surface area contributed by atoms with Crippen molar-refractivity contribution in [1.82, 2.24) is 10.0 Å². The second-order valence-electron chi connectivity index (χ2n) is 5.52. The summed E-state index contributed by atoms with van der Waals surface area (Å²) in [6, 6.07) is 4.61. The largest absolute Gasteiger partial charge is 0.495 e. The smallest absolute Gasteiger partial charge is 0.244 e. The van der Waals surface area contributed by atoms with Gasteiger partial charge in [0.05, 0.1) is 7.11 Å². The minimum absolute atomic E-state index is 0. The molecule has 0 aliphatic heterocycles. The molecule has 0 saturated heterocycles. The van der Waals surface area contributed by atoms with Gasteiger partial charge in [0, 0.05) is 18.2 Å². The van der Waals surface area contributed by atoms with Crippen LogP contribution in [0.3, 0.4) is 0 Å². The van der Waals surface area contributed by atoms with Crippen LogP contribution in [-0.2, 0) is 14.8 Å². The number of carbonyl (C=O) groups excluding carboxylic acids is 1. The Hall–Kier alpha value is -1.35. The Morgan fingerprint density at radius 1 is 1.33 bits per heavy atom. The number of methoxy groups -OCH3 is 1. The first-order valence-corrected chi connectivity index (χ1v) is 9.09. The molecule has 0 bridgehead atoms. The van der Waals surface area contributed by atoms with Crippen LogP contribution in [0.5, 0.6) is 5.75 Å². The highest BCUT2D eigenvalue weighted by Crippen LogP contribution is 2.29. The number of hydrogen-bond donors (Lipinski definition) is 3. The van der Waals surface area contributed by atoms with Gasteiger partial charge in [0.1, 0.15) is 10.6 Å². The van der Waals surface area contributed by atoms with Crippen molar-refractivity contribution in [3.8, 4) is 5.75 Å². The van der Waals surface area contributed by atoms with Gasteiger partial charge in [-0.3, -0.25) is 4.79 Å². The zero-order valence-corrected chi connectivity index (χ0v) is 15.4. The standard InChI is InChI=1S/C15H23N3O4S.ClH/c1-16-9-3-4-15(19)17-12-7-8-13(22-2)14(10-12)23(20,21)18-11-5-6-11;/h7-8,10-11,16,18H,3-6,9H2,1-2H3,(H,17,19);1H. The van der Waals surface area contributed by atoms with E-state index in [2.05, 4.69) is 15.4 Å². The van der Waals surface area contributed by atoms with E-state index in [9.17, 15) is 13.2 Å². The third-order valence-electron chi connectivity index (χ3n) is 3.47. The van der Waals surface area contributed by atoms with Crippen LogP contribution in [0.15, 0.2) is 23.1 Å². The first kappa shape index (κ1) is 20.7. The predicted molar refractivity (Wildman–Crippen MR) is 95.4 cm³/mol. The van der Waals surface area contributed by atoms with Crippen LogP contribution in [0.25, 0.3) is 0 Å². The summed E-state index contributed by atoms with van der Waals surface area (Å²) >= 11 is 0. The molecular formula is C15H24ClN3O4S. The molecule has 1 aromatic carbocycles. The van der Waals surface area contributed by atoms with Gasteiger partial charge in [0.15, 0.2) is 0 Å². The molecule has 1 fully saturated rings. The molecule has 1 aromatic rings. The Morgan fingerprint density at radius 3 is 2.62 bits per heavy atom. The molecule has 1 amide bonds. The lowest BCUT2D eigenvalue weighted by Crippen LogP contribution is -2.26. The van der Waals surface area contributed by atoms with Crippen LogP contribution in [-0.4, -0.2) is 41.1 Å². The van der Waals surface area contributed by atoms with Gasteiger partial charge >= 0.3 is 0 Å². The molecule has 1 aliphatic carbocycles. The summed E-state index contributed by atoms with van der Waals surface area (Å²) in [5.74, 6) is 0.107. The van der Waals surface area contributed by atoms with E-state index in [0.29, 0.717) is 18.5 Å². The van der Waals surface area contributed by atoms with Crippen LogP contribution in [0.2, 0.25) is 0 Å². The van der Waals surface area contributed by atoms with Crippen LogP contribution >= 0.6 is 12.4 Å². The van der Waals surface area contributed by atoms with Gasteiger partial charge in [-0.25, -0.2) is 13.1 Å². The van der Waals surface area contributed by atoms with E-state index in [1.807, 2.05) is 7.05 Å². The van der Waals surface area contributed by atoms with Gasteiger partial charge in [0.2, 0.25) is 15.9 Å². The molecule has 1 aliphatic rings. The summed E-state index contributed by atoms with van der Waals surface area (Å²) < 4.78 is 32.5. The van der Waals surface area contributed by atoms with Crippen molar-refractivity contribution in [2.75, 3.05) is 26.0 Å². The molecule has 7 nitrogen and oxygen atoms in total. The molecule has 1 saturated carbocycles. The highest BCUT2D eigenvalue weighted by Gasteiger charge is 2.30. The molecule has 3 N–H and O–H groups in total. The van der Waals surface area contributed by atoms with E-state index < -0.39 is 10.0 Å². The molecule has 0 unspecified atom stereocenters. The van der Waals surface area contributed by atoms with Gasteiger partial charge in [-0.05, 0) is 51.1 Å². The Labute approximate surface area is 149 Å². The van der Waals surface area contributed by atoms with Crippen molar-refractivity contribution in [3.63, 3.8) is 0 Å². The van der Waals surface area contributed by atoms with Gasteiger partial charge in [-0.15, -0.1) is 12.4 Å². The van der Waals surface area contributed by atoms with Crippen molar-refractivity contribution < 1.29 is 17.9 Å². The highest BCUT2D eigenvalue weighted by molar-refractivity contribution is 7.89. The monoisotopic (exact) mass is 377 g/mol. The maximum absolute atomic E-state index is 12.4. The highest BCUT2D eigenvalue weighted by atomic mass is 35.5. The summed E-state index contributed by atoms with van der Waals surface area (Å²) in [5, 5.41) is 5.69. The third-order valence-corrected chi connectivity index (χ3v) is 5.01. The van der Waals surface area contributed by atoms with Gasteiger partial charge in [-0.1, -0.05) is 0 Å². The topological polar surface area (TPSA) is 96.5 Å². The Balaban J connectivity index is 0.00000288. The maximum atomic E-state index is 12.4. The molecule has 0 atom stereocenters. The lowest BCUT2D eigenvalue weighted by molar-refractivity contribution is -0.116. The second kappa shape index (κ2) is 9.22. The molecule has 0 heterocycles. The first-order valence-electron chi connectivity index (χ1n) is 7.61. The lowest BCUT2D eigenvalue weighted by atomic mass is 10.2. The van der Waals surface area contributed by atoms with E-state index in [0.717, 1.165) is 19.4 Å². The fourth-order valence-electron chi connectivity index (χ4n) is 2.10. The number of sulfonamides is 1. The number of ether oxygens (including phenoxy) is 1. The Morgan fingerprint density at radius 2 is 2.04 bits per heavy atom. The van der Waals surface area contributed by atoms with Crippen LogP contribution in [0, 0.1) is 0 Å². The van der Waals surface area contributed by atoms with E-state index in [-0.39, 0.29) is 35.0 Å². The number of benzene rings is 1. The molecule has 2 rings (SSSR count). The van der Waals surface area contributed by atoms with E-state index >= 15 is 0 Å². The lowest BCUT2D eigenvalue weighted by Gasteiger charge is -2.13. The number of rotatable bonds is 9. The van der Waals surface area contributed by atoms with Crippen LogP contribution in [0.4, 0.5) is 5.69 Å². The van der Waals surface area contributed by atoms with Crippen molar-refractivity contribution in [2.45, 2.75) is 36.6 Å². The van der Waals surface area contributed by atoms with Crippen LogP contribution < -0.4 is 20.1 Å². The summed E-state index contributed by atoms with van der Waals surface area (Å²) in [4.78, 5) is 11.9. The Kier molecular flexibility index (Phi) is 7.95. The number of carbonyl (C=O) groups is 1. The number of nitrogens with one attached hydrogen (secondary N) is 3. The molecule has 0 spiro atoms. The molecule has 24 heavy (non-hydrogen) atoms. The number of anilines is 1. The van der Waals surface area contributed by atoms with Gasteiger partial charge in [0.25, 0.3) is 0 Å². The summed E-state index contributed by atoms with van der Waals surface area (Å²) in [6.07, 6.45) is 2.79. The summed E-state index contributed by atoms with van der Waals surface area (Å²) in [6.45, 7) is 0.751. The first-order chi connectivity index (χ1) is 11.0. The van der Waals surface area contributed by atoms with Crippen molar-refractivity contribution in [2.24, 2.45) is 0 Å². The quantitative estimate of drug-likeness (QED) is 0.566. The summed E-state index contributed by atoms with van der Waals surface area (Å²) in [5.41, 5.74) is 0.441. The Bertz CT molecular complexity index is 663. The number of halogens is 1. The average Bonchev–Trinajstić information content (AvgIpc) is 3.30. The van der Waals surface area contributed by atoms with Gasteiger partial charge in [-0.2, -0.15) is 0 Å². The van der Waals surface area contributed by atoms with Crippen LogP contribution in [0.1, 0.15) is 25.7 Å². The number of amides is 1. The SMILES string of the molecule is CNCCCC(=O)Nc1ccc(OC)c(S(=O)(=O)NC2CC2)c1.Cl. The molecular weight excluding hydrogens is 354 g/mol. The van der Waals surface area contributed by atoms with Crippen molar-refractivity contribution >= 4 is 34.0 Å². The van der Waals surface area contributed by atoms with E-state index in [1.165, 1.54) is 13.2 Å². The summed E-state index contributed by atoms with van der Waals surface area (Å²) in [7, 11) is -0.412. The third kappa shape index (κ3) is 5.94. The number of hydrogen-bond acceptors (Lipinski definition) is 5. The maximum Gasteiger partial charge on any atom is 0.244 e. The van der Waals surface area contributed by atoms with Crippen molar-refractivity contribution in [3.05, 3.63) is 18.2 Å². The van der Waals surface area contributed by atoms with Gasteiger partial charge < -0.3 is 15.4 Å². The minimum atomic E-state index is -3.66. The molecule has 136 valence electrons. The predicted octanol–water partition coefficient (Wildman–Crippen LogP) is 1.50. The van der Waals surface area contributed by atoms with E-state index in [1.54, 1.807) is 12.1 Å². The van der Waals surface area contributed by atoms with Crippen molar-refractivity contribution in [1.29, 1.82) is 0 Å². The molecule has 9 heteroatoms. The minimum Gasteiger partial charge on any atom is -0.495 e. The fourth-order valence-corrected chi connectivity index (χ4v) is 3.60. The molecule has 0 radical (unpaired) electrons. The molecule has 0 aromatic heterocycles. The zero-order chi connectivity index (χ0) is 16.9. The normalized spacial score (nSPS) is 13.9. The zero-order valence-electron chi connectivity index (χ0n) is 13.8. The van der Waals surface area contributed by atoms with E-state index in [4.69, 9.17) is 4.74 Å². The second-order valence-corrected chi connectivity index (χ2v) is 7.20. The average molecular weight is 378 g/mol. The fraction of sp³-hybridized carbons (Fsp3) is 0.533.